The summed E-state index contributed by atoms with van der Waals surface area (Å²) in [5, 5.41) is 8.44. The molecule has 9 atom stereocenters. The fraction of sp³-hybridized carbons (Fsp3) is 0.714. The summed E-state index contributed by atoms with van der Waals surface area (Å²) in [5.74, 6) is 4.72. The smallest absolute Gasteiger partial charge is 0.0326 e. The summed E-state index contributed by atoms with van der Waals surface area (Å²) in [4.78, 5) is 0. The van der Waals surface area contributed by atoms with Crippen LogP contribution in [0.15, 0.2) is 59.3 Å². The minimum absolute atomic E-state index is 0.500. The highest BCUT2D eigenvalue weighted by Gasteiger charge is 2.38. The van der Waals surface area contributed by atoms with E-state index in [1.807, 2.05) is 0 Å². The van der Waals surface area contributed by atoms with Crippen molar-refractivity contribution < 1.29 is 0 Å². The fourth-order valence-corrected chi connectivity index (χ4v) is 8.17. The topological polar surface area (TPSA) is 24.1 Å². The zero-order chi connectivity index (χ0) is 26.7. The summed E-state index contributed by atoms with van der Waals surface area (Å²) in [7, 11) is 0. The first-order valence-electron chi connectivity index (χ1n) is 15.6. The summed E-state index contributed by atoms with van der Waals surface area (Å²) < 4.78 is 0. The molecule has 1 fully saturated rings. The molecule has 0 aromatic rings. The van der Waals surface area contributed by atoms with E-state index in [1.54, 1.807) is 5.57 Å². The normalized spacial score (nSPS) is 32.7. The molecule has 2 nitrogen and oxygen atoms in total. The van der Waals surface area contributed by atoms with Crippen molar-refractivity contribution in [2.45, 2.75) is 118 Å². The van der Waals surface area contributed by atoms with Gasteiger partial charge in [-0.2, -0.15) is 0 Å². The number of nitrogens with one attached hydrogen (secondary N) is 2. The number of allylic oxidation sites excluding steroid dienone is 7. The van der Waals surface area contributed by atoms with Gasteiger partial charge in [-0.1, -0.05) is 91.0 Å². The highest BCUT2D eigenvalue weighted by Crippen LogP contribution is 2.40. The van der Waals surface area contributed by atoms with Crippen molar-refractivity contribution >= 4 is 0 Å². The molecule has 0 spiro atoms. The van der Waals surface area contributed by atoms with Crippen LogP contribution >= 0.6 is 0 Å². The van der Waals surface area contributed by atoms with E-state index in [9.17, 15) is 0 Å². The molecule has 0 radical (unpaired) electrons. The van der Waals surface area contributed by atoms with Gasteiger partial charge in [-0.3, -0.25) is 0 Å². The lowest BCUT2D eigenvalue weighted by Crippen LogP contribution is -2.53. The van der Waals surface area contributed by atoms with Crippen molar-refractivity contribution in [1.82, 2.24) is 10.6 Å². The van der Waals surface area contributed by atoms with Gasteiger partial charge in [0.05, 0.1) is 0 Å². The van der Waals surface area contributed by atoms with Gasteiger partial charge in [-0.05, 0) is 104 Å². The molecule has 0 amide bonds. The first-order chi connectivity index (χ1) is 17.7. The highest BCUT2D eigenvalue weighted by molar-refractivity contribution is 5.49. The Bertz CT molecular complexity index is 916. The molecule has 4 rings (SSSR count). The Morgan fingerprint density at radius 3 is 2.19 bits per heavy atom. The molecule has 37 heavy (non-hydrogen) atoms. The van der Waals surface area contributed by atoms with Crippen molar-refractivity contribution in [3.8, 4) is 0 Å². The van der Waals surface area contributed by atoms with Crippen LogP contribution in [-0.2, 0) is 0 Å². The minimum Gasteiger partial charge on any atom is -0.310 e. The zero-order valence-electron chi connectivity index (χ0n) is 25.1. The van der Waals surface area contributed by atoms with E-state index in [4.69, 9.17) is 0 Å². The lowest BCUT2D eigenvalue weighted by Gasteiger charge is -2.44. The van der Waals surface area contributed by atoms with Crippen LogP contribution in [0.25, 0.3) is 0 Å². The van der Waals surface area contributed by atoms with Gasteiger partial charge in [0, 0.05) is 24.2 Å². The molecule has 4 aliphatic rings. The van der Waals surface area contributed by atoms with Crippen LogP contribution in [0.5, 0.6) is 0 Å². The van der Waals surface area contributed by atoms with Gasteiger partial charge >= 0.3 is 0 Å². The van der Waals surface area contributed by atoms with E-state index in [-0.39, 0.29) is 0 Å². The molecule has 2 N–H and O–H groups in total. The average Bonchev–Trinajstić information content (AvgIpc) is 2.87. The Labute approximate surface area is 229 Å². The lowest BCUT2D eigenvalue weighted by atomic mass is 9.68. The molecular weight excluding hydrogens is 448 g/mol. The van der Waals surface area contributed by atoms with E-state index in [0.717, 1.165) is 12.3 Å². The molecule has 2 heteroatoms. The van der Waals surface area contributed by atoms with Crippen molar-refractivity contribution in [3.05, 3.63) is 59.3 Å². The molecular formula is C35H56N2. The molecule has 0 aromatic carbocycles. The van der Waals surface area contributed by atoms with Crippen molar-refractivity contribution in [2.24, 2.45) is 41.4 Å². The van der Waals surface area contributed by atoms with Gasteiger partial charge in [0.2, 0.25) is 0 Å². The van der Waals surface area contributed by atoms with E-state index in [1.165, 1.54) is 43.3 Å². The zero-order valence-corrected chi connectivity index (χ0v) is 25.1. The molecule has 1 saturated carbocycles. The first kappa shape index (κ1) is 28.6. The van der Waals surface area contributed by atoms with E-state index < -0.39 is 0 Å². The Hall–Kier alpha value is -1.38. The fourth-order valence-electron chi connectivity index (χ4n) is 8.17. The molecule has 0 aliphatic heterocycles. The minimum atomic E-state index is 0.500. The van der Waals surface area contributed by atoms with Gasteiger partial charge in [0.25, 0.3) is 0 Å². The first-order valence-corrected chi connectivity index (χ1v) is 15.6. The van der Waals surface area contributed by atoms with Crippen LogP contribution < -0.4 is 10.6 Å². The number of hydrogen-bond donors (Lipinski definition) is 2. The van der Waals surface area contributed by atoms with Gasteiger partial charge < -0.3 is 10.6 Å². The van der Waals surface area contributed by atoms with Crippen LogP contribution in [0.3, 0.4) is 0 Å². The average molecular weight is 505 g/mol. The van der Waals surface area contributed by atoms with Gasteiger partial charge in [0.15, 0.2) is 0 Å². The second-order valence-corrected chi connectivity index (χ2v) is 13.7. The summed E-state index contributed by atoms with van der Waals surface area (Å²) in [6.45, 7) is 19.5. The van der Waals surface area contributed by atoms with E-state index in [2.05, 4.69) is 109 Å². The molecule has 0 saturated heterocycles. The van der Waals surface area contributed by atoms with E-state index in [0.29, 0.717) is 59.7 Å². The third kappa shape index (κ3) is 6.62. The standard InChI is InChI=1S/C35H56N2/c1-22(2)34(36-32-19-17-24(5)28-13-9-11-15-30(28)32)26(7)21-27(8)35(23(3)4)37-33-20-18-25(6)29-14-10-12-16-31(29)33/h9-11,13-15,18,22-24,26-28,30,32-37H,12,16-17,19-21H2,1-8H3. The molecule has 9 unspecified atom stereocenters. The van der Waals surface area contributed by atoms with Crippen LogP contribution in [0.4, 0.5) is 0 Å². The largest absolute Gasteiger partial charge is 0.310 e. The maximum atomic E-state index is 4.24. The van der Waals surface area contributed by atoms with Crippen LogP contribution in [0, 0.1) is 41.4 Å². The molecule has 0 bridgehead atoms. The maximum Gasteiger partial charge on any atom is 0.0326 e. The lowest BCUT2D eigenvalue weighted by molar-refractivity contribution is 0.140. The van der Waals surface area contributed by atoms with Crippen LogP contribution in [-0.4, -0.2) is 24.2 Å². The van der Waals surface area contributed by atoms with Crippen molar-refractivity contribution in [3.63, 3.8) is 0 Å². The molecule has 4 aliphatic carbocycles. The Morgan fingerprint density at radius 1 is 0.865 bits per heavy atom. The third-order valence-corrected chi connectivity index (χ3v) is 10.2. The summed E-state index contributed by atoms with van der Waals surface area (Å²) in [6.07, 6.45) is 24.2. The van der Waals surface area contributed by atoms with Crippen molar-refractivity contribution in [2.75, 3.05) is 0 Å². The van der Waals surface area contributed by atoms with Gasteiger partial charge in [0.1, 0.15) is 0 Å². The SMILES string of the molecule is CC1=CCC(NC(C(C)C)C(C)CC(C)C(NC2CCC(C)C3C=CC=CC23)C(C)C)C2=C1C=CCC2. The number of rotatable bonds is 10. The number of hydrogen-bond acceptors (Lipinski definition) is 2. The van der Waals surface area contributed by atoms with Crippen LogP contribution in [0.1, 0.15) is 93.9 Å². The Balaban J connectivity index is 1.42. The molecule has 206 valence electrons. The maximum absolute atomic E-state index is 4.24. The predicted molar refractivity (Wildman–Crippen MR) is 161 cm³/mol. The van der Waals surface area contributed by atoms with Gasteiger partial charge in [-0.25, -0.2) is 0 Å². The summed E-state index contributed by atoms with van der Waals surface area (Å²) >= 11 is 0. The summed E-state index contributed by atoms with van der Waals surface area (Å²) in [6, 6.07) is 2.21. The summed E-state index contributed by atoms with van der Waals surface area (Å²) in [5.41, 5.74) is 4.64. The Morgan fingerprint density at radius 2 is 1.51 bits per heavy atom. The highest BCUT2D eigenvalue weighted by atomic mass is 15.0. The second-order valence-electron chi connectivity index (χ2n) is 13.7. The monoisotopic (exact) mass is 504 g/mol. The van der Waals surface area contributed by atoms with Gasteiger partial charge in [-0.15, -0.1) is 0 Å². The predicted octanol–water partition coefficient (Wildman–Crippen LogP) is 8.40. The quantitative estimate of drug-likeness (QED) is 0.312. The number of fused-ring (bicyclic) bond motifs is 1. The second kappa shape index (κ2) is 12.6. The van der Waals surface area contributed by atoms with Crippen molar-refractivity contribution in [1.29, 1.82) is 0 Å². The molecule has 0 heterocycles. The van der Waals surface area contributed by atoms with Crippen LogP contribution in [0.2, 0.25) is 0 Å². The molecule has 0 aromatic heterocycles. The van der Waals surface area contributed by atoms with E-state index >= 15 is 0 Å². The Kier molecular flexibility index (Phi) is 9.79. The third-order valence-electron chi connectivity index (χ3n) is 10.2.